The summed E-state index contributed by atoms with van der Waals surface area (Å²) in [7, 11) is 0. The van der Waals surface area contributed by atoms with Crippen LogP contribution >= 0.6 is 15.9 Å². The first-order chi connectivity index (χ1) is 9.76. The van der Waals surface area contributed by atoms with Crippen molar-refractivity contribution in [1.29, 1.82) is 0 Å². The van der Waals surface area contributed by atoms with E-state index in [1.807, 2.05) is 6.92 Å². The topological polar surface area (TPSA) is 88.1 Å². The van der Waals surface area contributed by atoms with Crippen molar-refractivity contribution in [3.8, 4) is 0 Å². The summed E-state index contributed by atoms with van der Waals surface area (Å²) in [6.07, 6.45) is -2.62. The molecule has 5 atom stereocenters. The first-order valence-corrected chi connectivity index (χ1v) is 7.49. The van der Waals surface area contributed by atoms with Gasteiger partial charge in [0.25, 0.3) is 0 Å². The average Bonchev–Trinajstić information content (AvgIpc) is 2.35. The Kier molecular flexibility index (Phi) is 6.60. The third-order valence-corrected chi connectivity index (χ3v) is 3.62. The van der Waals surface area contributed by atoms with E-state index in [9.17, 15) is 14.4 Å². The zero-order valence-corrected chi connectivity index (χ0v) is 13.9. The van der Waals surface area contributed by atoms with Crippen molar-refractivity contribution in [3.63, 3.8) is 0 Å². The molecule has 0 spiro atoms. The zero-order valence-electron chi connectivity index (χ0n) is 12.3. The van der Waals surface area contributed by atoms with Crippen molar-refractivity contribution in [2.24, 2.45) is 0 Å². The van der Waals surface area contributed by atoms with E-state index in [2.05, 4.69) is 15.9 Å². The number of halogens is 1. The quantitative estimate of drug-likeness (QED) is 0.421. The van der Waals surface area contributed by atoms with Gasteiger partial charge >= 0.3 is 17.9 Å². The van der Waals surface area contributed by atoms with Crippen molar-refractivity contribution in [2.45, 2.75) is 63.5 Å². The van der Waals surface area contributed by atoms with Crippen molar-refractivity contribution in [1.82, 2.24) is 0 Å². The molecule has 1 rings (SSSR count). The number of alkyl halides is 1. The van der Waals surface area contributed by atoms with Crippen LogP contribution in [0.15, 0.2) is 0 Å². The van der Waals surface area contributed by atoms with Crippen LogP contribution in [-0.2, 0) is 33.3 Å². The van der Waals surface area contributed by atoms with Gasteiger partial charge in [-0.15, -0.1) is 0 Å². The molecule has 0 aromatic heterocycles. The fraction of sp³-hybridized carbons (Fsp3) is 0.769. The van der Waals surface area contributed by atoms with E-state index in [-0.39, 0.29) is 0 Å². The Morgan fingerprint density at radius 1 is 0.905 bits per heavy atom. The van der Waals surface area contributed by atoms with Gasteiger partial charge in [-0.25, -0.2) is 0 Å². The maximum atomic E-state index is 11.3. The molecule has 0 aromatic carbocycles. The summed E-state index contributed by atoms with van der Waals surface area (Å²) in [5, 5.41) is -0.664. The number of carbonyl (C=O) groups is 3. The van der Waals surface area contributed by atoms with Crippen LogP contribution in [0, 0.1) is 0 Å². The van der Waals surface area contributed by atoms with Crippen LogP contribution in [0.5, 0.6) is 0 Å². The molecular formula is C13H19BrO7. The molecule has 0 bridgehead atoms. The predicted octanol–water partition coefficient (Wildman–Crippen LogP) is 1.31. The molecular weight excluding hydrogens is 348 g/mol. The lowest BCUT2D eigenvalue weighted by atomic mass is 9.97. The molecule has 0 aromatic rings. The maximum Gasteiger partial charge on any atom is 0.303 e. The van der Waals surface area contributed by atoms with Gasteiger partial charge in [-0.2, -0.15) is 0 Å². The molecule has 0 unspecified atom stereocenters. The Morgan fingerprint density at radius 3 is 1.76 bits per heavy atom. The standard InChI is InChI=1S/C13H19BrO7/c1-5-9-10(18-6(2)15)11(19-7(3)16)12(13(14)21-9)20-8(4)17/h9-13H,5H2,1-4H3/t9-,10+,11+,12-,13+/m1/s1. The van der Waals surface area contributed by atoms with Gasteiger partial charge < -0.3 is 18.9 Å². The summed E-state index contributed by atoms with van der Waals surface area (Å²) < 4.78 is 21.2. The number of hydrogen-bond donors (Lipinski definition) is 0. The first kappa shape index (κ1) is 17.9. The first-order valence-electron chi connectivity index (χ1n) is 6.57. The smallest absolute Gasteiger partial charge is 0.303 e. The van der Waals surface area contributed by atoms with Crippen molar-refractivity contribution < 1.29 is 33.3 Å². The summed E-state index contributed by atoms with van der Waals surface area (Å²) in [6.45, 7) is 5.56. The van der Waals surface area contributed by atoms with Crippen LogP contribution in [0.3, 0.4) is 0 Å². The highest BCUT2D eigenvalue weighted by Gasteiger charge is 2.50. The molecule has 120 valence electrons. The van der Waals surface area contributed by atoms with Gasteiger partial charge in [0.1, 0.15) is 0 Å². The van der Waals surface area contributed by atoms with E-state index in [1.165, 1.54) is 20.8 Å². The fourth-order valence-corrected chi connectivity index (χ4v) is 2.86. The number of esters is 3. The second-order valence-electron chi connectivity index (χ2n) is 4.66. The van der Waals surface area contributed by atoms with E-state index < -0.39 is 47.3 Å². The second-order valence-corrected chi connectivity index (χ2v) is 5.56. The molecule has 0 aliphatic carbocycles. The molecule has 0 amide bonds. The Hall–Kier alpha value is -1.15. The summed E-state index contributed by atoms with van der Waals surface area (Å²) >= 11 is 3.26. The van der Waals surface area contributed by atoms with E-state index in [1.54, 1.807) is 0 Å². The lowest BCUT2D eigenvalue weighted by molar-refractivity contribution is -0.230. The number of rotatable bonds is 4. The van der Waals surface area contributed by atoms with Crippen LogP contribution in [-0.4, -0.2) is 47.3 Å². The largest absolute Gasteiger partial charge is 0.456 e. The summed E-state index contributed by atoms with van der Waals surface area (Å²) in [5.41, 5.74) is 0. The van der Waals surface area contributed by atoms with E-state index in [0.717, 1.165) is 0 Å². The van der Waals surface area contributed by atoms with Crippen LogP contribution in [0.25, 0.3) is 0 Å². The number of hydrogen-bond acceptors (Lipinski definition) is 7. The highest BCUT2D eigenvalue weighted by atomic mass is 79.9. The minimum atomic E-state index is -0.932. The van der Waals surface area contributed by atoms with Crippen LogP contribution in [0.4, 0.5) is 0 Å². The van der Waals surface area contributed by atoms with Gasteiger partial charge in [-0.1, -0.05) is 22.9 Å². The van der Waals surface area contributed by atoms with E-state index >= 15 is 0 Å². The lowest BCUT2D eigenvalue weighted by Crippen LogP contribution is -2.59. The predicted molar refractivity (Wildman–Crippen MR) is 74.5 cm³/mol. The Labute approximate surface area is 131 Å². The number of carbonyl (C=O) groups excluding carboxylic acids is 3. The minimum Gasteiger partial charge on any atom is -0.456 e. The summed E-state index contributed by atoms with van der Waals surface area (Å²) in [5.74, 6) is -1.65. The monoisotopic (exact) mass is 366 g/mol. The maximum absolute atomic E-state index is 11.3. The van der Waals surface area contributed by atoms with Crippen molar-refractivity contribution in [3.05, 3.63) is 0 Å². The third-order valence-electron chi connectivity index (χ3n) is 2.89. The Bertz CT molecular complexity index is 411. The summed E-state index contributed by atoms with van der Waals surface area (Å²) in [6, 6.07) is 0. The molecule has 0 saturated carbocycles. The third kappa shape index (κ3) is 4.96. The molecule has 7 nitrogen and oxygen atoms in total. The molecule has 1 saturated heterocycles. The van der Waals surface area contributed by atoms with Crippen molar-refractivity contribution >= 4 is 33.8 Å². The zero-order chi connectivity index (χ0) is 16.2. The highest BCUT2D eigenvalue weighted by Crippen LogP contribution is 2.32. The molecule has 0 N–H and O–H groups in total. The van der Waals surface area contributed by atoms with Crippen molar-refractivity contribution in [2.75, 3.05) is 0 Å². The molecule has 1 aliphatic rings. The van der Waals surface area contributed by atoms with E-state index in [4.69, 9.17) is 18.9 Å². The second kappa shape index (κ2) is 7.74. The highest BCUT2D eigenvalue weighted by molar-refractivity contribution is 9.09. The van der Waals surface area contributed by atoms with Gasteiger partial charge in [0.2, 0.25) is 0 Å². The molecule has 1 fully saturated rings. The minimum absolute atomic E-state index is 0.477. The summed E-state index contributed by atoms with van der Waals surface area (Å²) in [4.78, 5) is 33.8. The lowest BCUT2D eigenvalue weighted by Gasteiger charge is -2.42. The molecule has 8 heteroatoms. The van der Waals surface area contributed by atoms with Gasteiger partial charge in [-0.05, 0) is 6.42 Å². The van der Waals surface area contributed by atoms with Crippen LogP contribution in [0.1, 0.15) is 34.1 Å². The SMILES string of the molecule is CC[C@H]1O[C@H](Br)[C@H](OC(C)=O)[C@@H](OC(C)=O)[C@H]1OC(C)=O. The number of ether oxygens (including phenoxy) is 4. The van der Waals surface area contributed by atoms with E-state index in [0.29, 0.717) is 6.42 Å². The van der Waals surface area contributed by atoms with Gasteiger partial charge in [0.15, 0.2) is 23.3 Å². The molecule has 21 heavy (non-hydrogen) atoms. The van der Waals surface area contributed by atoms with Crippen LogP contribution < -0.4 is 0 Å². The Balaban J connectivity index is 3.08. The van der Waals surface area contributed by atoms with Gasteiger partial charge in [-0.3, -0.25) is 14.4 Å². The normalized spacial score (nSPS) is 32.1. The van der Waals surface area contributed by atoms with Gasteiger partial charge in [0, 0.05) is 20.8 Å². The molecule has 0 radical (unpaired) electrons. The Morgan fingerprint density at radius 2 is 1.33 bits per heavy atom. The van der Waals surface area contributed by atoms with Gasteiger partial charge in [0.05, 0.1) is 6.10 Å². The fourth-order valence-electron chi connectivity index (χ4n) is 2.17. The molecule has 1 heterocycles. The van der Waals surface area contributed by atoms with Crippen LogP contribution in [0.2, 0.25) is 0 Å². The molecule has 1 aliphatic heterocycles. The average molecular weight is 367 g/mol.